The van der Waals surface area contributed by atoms with Gasteiger partial charge in [0.15, 0.2) is 0 Å². The van der Waals surface area contributed by atoms with Crippen LogP contribution in [0.5, 0.6) is 0 Å². The number of ether oxygens (including phenoxy) is 1. The number of nitrogens with one attached hydrogen (secondary N) is 2. The zero-order chi connectivity index (χ0) is 13.8. The number of morpholine rings is 1. The Hall–Kier alpha value is -1.43. The lowest BCUT2D eigenvalue weighted by molar-refractivity contribution is -0.123. The summed E-state index contributed by atoms with van der Waals surface area (Å²) in [6.45, 7) is 5.17. The Morgan fingerprint density at radius 3 is 2.74 bits per heavy atom. The summed E-state index contributed by atoms with van der Waals surface area (Å²) in [4.78, 5) is 12.1. The molecule has 19 heavy (non-hydrogen) atoms. The maximum Gasteiger partial charge on any atom is 0.244 e. The van der Waals surface area contributed by atoms with Crippen molar-refractivity contribution in [1.82, 2.24) is 5.32 Å². The average Bonchev–Trinajstić information content (AvgIpc) is 2.39. The molecule has 1 fully saturated rings. The summed E-state index contributed by atoms with van der Waals surface area (Å²) < 4.78 is 5.46. The maximum atomic E-state index is 12.1. The molecule has 4 N–H and O–H groups in total. The number of rotatable bonds is 3. The van der Waals surface area contributed by atoms with Gasteiger partial charge in [0, 0.05) is 18.3 Å². The molecule has 5 nitrogen and oxygen atoms in total. The van der Waals surface area contributed by atoms with E-state index in [4.69, 9.17) is 10.5 Å². The fourth-order valence-corrected chi connectivity index (χ4v) is 2.12. The summed E-state index contributed by atoms with van der Waals surface area (Å²) in [5.74, 6) is -0.0688. The first-order valence-corrected chi connectivity index (χ1v) is 6.59. The highest BCUT2D eigenvalue weighted by Gasteiger charge is 2.28. The summed E-state index contributed by atoms with van der Waals surface area (Å²) in [5, 5.41) is 6.05. The van der Waals surface area contributed by atoms with Gasteiger partial charge in [-0.3, -0.25) is 4.79 Å². The van der Waals surface area contributed by atoms with Gasteiger partial charge in [-0.2, -0.15) is 0 Å². The molecule has 1 aromatic rings. The number of anilines is 1. The van der Waals surface area contributed by atoms with Crippen LogP contribution in [0.4, 0.5) is 5.69 Å². The molecule has 1 aromatic carbocycles. The Labute approximate surface area is 113 Å². The van der Waals surface area contributed by atoms with E-state index in [9.17, 15) is 4.79 Å². The minimum Gasteiger partial charge on any atom is -0.375 e. The minimum atomic E-state index is -0.304. The van der Waals surface area contributed by atoms with Gasteiger partial charge < -0.3 is 21.1 Å². The molecule has 104 valence electrons. The molecule has 1 unspecified atom stereocenters. The van der Waals surface area contributed by atoms with Crippen molar-refractivity contribution < 1.29 is 9.53 Å². The second kappa shape index (κ2) is 6.14. The molecule has 0 aromatic heterocycles. The van der Waals surface area contributed by atoms with Gasteiger partial charge >= 0.3 is 0 Å². The fourth-order valence-electron chi connectivity index (χ4n) is 2.12. The highest BCUT2D eigenvalue weighted by atomic mass is 16.5. The van der Waals surface area contributed by atoms with Crippen molar-refractivity contribution in [2.24, 2.45) is 5.73 Å². The highest BCUT2D eigenvalue weighted by Crippen LogP contribution is 2.15. The van der Waals surface area contributed by atoms with Crippen LogP contribution in [0, 0.1) is 0 Å². The van der Waals surface area contributed by atoms with Crippen LogP contribution < -0.4 is 16.4 Å². The quantitative estimate of drug-likeness (QED) is 0.761. The maximum absolute atomic E-state index is 12.1. The zero-order valence-corrected chi connectivity index (χ0v) is 11.3. The SMILES string of the molecule is CC(N)c1ccc(NC(=O)[C@H]2NCCO[C@@H]2C)cc1. The molecule has 0 bridgehead atoms. The number of nitrogens with two attached hydrogens (primary N) is 1. The van der Waals surface area contributed by atoms with E-state index in [0.717, 1.165) is 11.3 Å². The van der Waals surface area contributed by atoms with Crippen molar-refractivity contribution in [2.75, 3.05) is 18.5 Å². The summed E-state index contributed by atoms with van der Waals surface area (Å²) in [7, 11) is 0. The van der Waals surface area contributed by atoms with Crippen molar-refractivity contribution in [1.29, 1.82) is 0 Å². The van der Waals surface area contributed by atoms with Crippen molar-refractivity contribution in [2.45, 2.75) is 32.0 Å². The lowest BCUT2D eigenvalue weighted by Crippen LogP contribution is -2.53. The monoisotopic (exact) mass is 263 g/mol. The first-order valence-electron chi connectivity index (χ1n) is 6.59. The Balaban J connectivity index is 1.98. The molecule has 2 rings (SSSR count). The molecule has 5 heteroatoms. The van der Waals surface area contributed by atoms with Gasteiger partial charge in [0.1, 0.15) is 6.04 Å². The largest absolute Gasteiger partial charge is 0.375 e. The van der Waals surface area contributed by atoms with Gasteiger partial charge in [0.25, 0.3) is 0 Å². The Morgan fingerprint density at radius 2 is 2.16 bits per heavy atom. The van der Waals surface area contributed by atoms with E-state index in [1.165, 1.54) is 0 Å². The van der Waals surface area contributed by atoms with Crippen LogP contribution in [0.3, 0.4) is 0 Å². The Kier molecular flexibility index (Phi) is 4.52. The zero-order valence-electron chi connectivity index (χ0n) is 11.3. The molecule has 1 heterocycles. The lowest BCUT2D eigenvalue weighted by atomic mass is 10.1. The summed E-state index contributed by atoms with van der Waals surface area (Å²) in [5.41, 5.74) is 7.61. The summed E-state index contributed by atoms with van der Waals surface area (Å²) in [6.07, 6.45) is -0.114. The van der Waals surface area contributed by atoms with Crippen LogP contribution in [-0.4, -0.2) is 31.2 Å². The Bertz CT molecular complexity index is 431. The topological polar surface area (TPSA) is 76.4 Å². The van der Waals surface area contributed by atoms with E-state index < -0.39 is 0 Å². The number of amides is 1. The predicted molar refractivity (Wildman–Crippen MR) is 74.9 cm³/mol. The third kappa shape index (κ3) is 3.53. The molecule has 0 radical (unpaired) electrons. The van der Waals surface area contributed by atoms with E-state index in [1.807, 2.05) is 38.1 Å². The van der Waals surface area contributed by atoms with Crippen LogP contribution in [-0.2, 0) is 9.53 Å². The normalized spacial score (nSPS) is 24.8. The molecule has 1 amide bonds. The predicted octanol–water partition coefficient (Wildman–Crippen LogP) is 1.02. The molecular weight excluding hydrogens is 242 g/mol. The number of benzene rings is 1. The first-order chi connectivity index (χ1) is 9.08. The van der Waals surface area contributed by atoms with Gasteiger partial charge in [-0.25, -0.2) is 0 Å². The van der Waals surface area contributed by atoms with Gasteiger partial charge in [0.05, 0.1) is 12.7 Å². The van der Waals surface area contributed by atoms with Crippen molar-refractivity contribution in [3.8, 4) is 0 Å². The van der Waals surface area contributed by atoms with Crippen LogP contribution in [0.25, 0.3) is 0 Å². The average molecular weight is 263 g/mol. The van der Waals surface area contributed by atoms with E-state index in [2.05, 4.69) is 10.6 Å². The fraction of sp³-hybridized carbons (Fsp3) is 0.500. The summed E-state index contributed by atoms with van der Waals surface area (Å²) in [6, 6.07) is 7.28. The number of hydrogen-bond donors (Lipinski definition) is 3. The molecule has 0 spiro atoms. The van der Waals surface area contributed by atoms with E-state index in [0.29, 0.717) is 13.2 Å². The van der Waals surface area contributed by atoms with E-state index in [-0.39, 0.29) is 24.1 Å². The van der Waals surface area contributed by atoms with Crippen molar-refractivity contribution in [3.05, 3.63) is 29.8 Å². The van der Waals surface area contributed by atoms with Crippen molar-refractivity contribution in [3.63, 3.8) is 0 Å². The van der Waals surface area contributed by atoms with Crippen LogP contribution in [0.1, 0.15) is 25.5 Å². The standard InChI is InChI=1S/C14H21N3O2/c1-9(15)11-3-5-12(6-4-11)17-14(18)13-10(2)19-8-7-16-13/h3-6,9-10,13,16H,7-8,15H2,1-2H3,(H,17,18)/t9?,10-,13+/m1/s1. The van der Waals surface area contributed by atoms with E-state index in [1.54, 1.807) is 0 Å². The first kappa shape index (κ1) is 14.0. The molecule has 1 aliphatic rings. The highest BCUT2D eigenvalue weighted by molar-refractivity contribution is 5.95. The number of hydrogen-bond acceptors (Lipinski definition) is 4. The molecule has 0 aliphatic carbocycles. The van der Waals surface area contributed by atoms with Gasteiger partial charge in [-0.1, -0.05) is 12.1 Å². The minimum absolute atomic E-state index is 0.00168. The van der Waals surface area contributed by atoms with Crippen molar-refractivity contribution >= 4 is 11.6 Å². The second-order valence-electron chi connectivity index (χ2n) is 4.91. The Morgan fingerprint density at radius 1 is 1.47 bits per heavy atom. The molecular formula is C14H21N3O2. The third-order valence-electron chi connectivity index (χ3n) is 3.30. The summed E-state index contributed by atoms with van der Waals surface area (Å²) >= 11 is 0. The lowest BCUT2D eigenvalue weighted by Gasteiger charge is -2.29. The van der Waals surface area contributed by atoms with Gasteiger partial charge in [-0.15, -0.1) is 0 Å². The third-order valence-corrected chi connectivity index (χ3v) is 3.30. The van der Waals surface area contributed by atoms with Gasteiger partial charge in [0.2, 0.25) is 5.91 Å². The number of carbonyl (C=O) groups is 1. The van der Waals surface area contributed by atoms with Crippen LogP contribution in [0.2, 0.25) is 0 Å². The molecule has 0 saturated carbocycles. The second-order valence-corrected chi connectivity index (χ2v) is 4.91. The smallest absolute Gasteiger partial charge is 0.244 e. The number of carbonyl (C=O) groups excluding carboxylic acids is 1. The van der Waals surface area contributed by atoms with Gasteiger partial charge in [-0.05, 0) is 31.5 Å². The molecule has 1 saturated heterocycles. The van der Waals surface area contributed by atoms with Crippen LogP contribution >= 0.6 is 0 Å². The van der Waals surface area contributed by atoms with Crippen LogP contribution in [0.15, 0.2) is 24.3 Å². The molecule has 3 atom stereocenters. The van der Waals surface area contributed by atoms with E-state index >= 15 is 0 Å². The molecule has 1 aliphatic heterocycles.